The number of aromatic nitrogens is 2. The summed E-state index contributed by atoms with van der Waals surface area (Å²) in [5, 5.41) is 3.04. The maximum absolute atomic E-state index is 12.6. The Morgan fingerprint density at radius 1 is 1.12 bits per heavy atom. The highest BCUT2D eigenvalue weighted by atomic mass is 16.2. The standard InChI is InChI=1S/C20H24N4O2/c25-19(13-16-3-1-2-9-21-16)23-10-8-17-6-7-18(24(17)12-11-23)20(26)22-14-15-4-5-15/h1-3,6-7,9,15H,4-5,8,10-14H2,(H,22,26). The summed E-state index contributed by atoms with van der Waals surface area (Å²) in [5.74, 6) is 0.753. The molecule has 2 amide bonds. The van der Waals surface area contributed by atoms with Gasteiger partial charge in [0.15, 0.2) is 0 Å². The fourth-order valence-electron chi connectivity index (χ4n) is 3.44. The molecule has 26 heavy (non-hydrogen) atoms. The zero-order chi connectivity index (χ0) is 17.9. The van der Waals surface area contributed by atoms with E-state index in [0.29, 0.717) is 37.7 Å². The number of fused-ring (bicyclic) bond motifs is 1. The summed E-state index contributed by atoms with van der Waals surface area (Å²) in [6.07, 6.45) is 5.25. The highest BCUT2D eigenvalue weighted by Gasteiger charge is 2.25. The van der Waals surface area contributed by atoms with E-state index in [1.807, 2.05) is 35.2 Å². The predicted octanol–water partition coefficient (Wildman–Crippen LogP) is 1.65. The Kier molecular flexibility index (Phi) is 4.73. The molecule has 2 aromatic heterocycles. The molecule has 136 valence electrons. The predicted molar refractivity (Wildman–Crippen MR) is 97.7 cm³/mol. The summed E-state index contributed by atoms with van der Waals surface area (Å²) < 4.78 is 2.07. The average molecular weight is 352 g/mol. The van der Waals surface area contributed by atoms with E-state index >= 15 is 0 Å². The Morgan fingerprint density at radius 3 is 2.77 bits per heavy atom. The molecule has 1 N–H and O–H groups in total. The van der Waals surface area contributed by atoms with Crippen molar-refractivity contribution < 1.29 is 9.59 Å². The van der Waals surface area contributed by atoms with Crippen molar-refractivity contribution in [3.05, 3.63) is 53.6 Å². The molecule has 1 saturated carbocycles. The maximum atomic E-state index is 12.6. The number of pyridine rings is 1. The molecule has 2 aliphatic rings. The fourth-order valence-corrected chi connectivity index (χ4v) is 3.44. The molecule has 0 radical (unpaired) electrons. The molecule has 6 heteroatoms. The summed E-state index contributed by atoms with van der Waals surface area (Å²) in [5.41, 5.74) is 2.62. The third-order valence-corrected chi connectivity index (χ3v) is 5.19. The average Bonchev–Trinajstić information content (AvgIpc) is 3.43. The van der Waals surface area contributed by atoms with Gasteiger partial charge in [0.1, 0.15) is 5.69 Å². The second-order valence-electron chi connectivity index (χ2n) is 7.14. The summed E-state index contributed by atoms with van der Waals surface area (Å²) in [7, 11) is 0. The van der Waals surface area contributed by atoms with E-state index < -0.39 is 0 Å². The van der Waals surface area contributed by atoms with Crippen LogP contribution in [0, 0.1) is 5.92 Å². The van der Waals surface area contributed by atoms with E-state index in [9.17, 15) is 9.59 Å². The van der Waals surface area contributed by atoms with Crippen molar-refractivity contribution in [1.82, 2.24) is 19.8 Å². The van der Waals surface area contributed by atoms with E-state index in [2.05, 4.69) is 14.9 Å². The summed E-state index contributed by atoms with van der Waals surface area (Å²) in [4.78, 5) is 31.2. The minimum Gasteiger partial charge on any atom is -0.350 e. The van der Waals surface area contributed by atoms with Crippen molar-refractivity contribution in [3.8, 4) is 0 Å². The number of amides is 2. The Morgan fingerprint density at radius 2 is 2.00 bits per heavy atom. The number of rotatable bonds is 5. The largest absolute Gasteiger partial charge is 0.350 e. The third kappa shape index (κ3) is 3.79. The van der Waals surface area contributed by atoms with Crippen LogP contribution in [0.1, 0.15) is 34.7 Å². The summed E-state index contributed by atoms with van der Waals surface area (Å²) in [6.45, 7) is 2.73. The van der Waals surface area contributed by atoms with Crippen LogP contribution < -0.4 is 5.32 Å². The number of carbonyl (C=O) groups excluding carboxylic acids is 2. The minimum absolute atomic E-state index is 0.00332. The first kappa shape index (κ1) is 16.8. The van der Waals surface area contributed by atoms with Crippen molar-refractivity contribution in [2.75, 3.05) is 19.6 Å². The van der Waals surface area contributed by atoms with Crippen LogP contribution in [0.4, 0.5) is 0 Å². The number of nitrogens with one attached hydrogen (secondary N) is 1. The Bertz CT molecular complexity index is 795. The van der Waals surface area contributed by atoms with Crippen LogP contribution in [0.3, 0.4) is 0 Å². The van der Waals surface area contributed by atoms with Gasteiger partial charge in [-0.1, -0.05) is 6.07 Å². The molecule has 0 bridgehead atoms. The van der Waals surface area contributed by atoms with Crippen LogP contribution in [-0.4, -0.2) is 45.9 Å². The van der Waals surface area contributed by atoms with E-state index in [4.69, 9.17) is 0 Å². The van der Waals surface area contributed by atoms with Gasteiger partial charge in [-0.15, -0.1) is 0 Å². The van der Waals surface area contributed by atoms with Crippen molar-refractivity contribution >= 4 is 11.8 Å². The first-order valence-electron chi connectivity index (χ1n) is 9.35. The molecular weight excluding hydrogens is 328 g/mol. The normalized spacial score (nSPS) is 16.7. The van der Waals surface area contributed by atoms with Gasteiger partial charge < -0.3 is 14.8 Å². The zero-order valence-electron chi connectivity index (χ0n) is 14.9. The molecular formula is C20H24N4O2. The lowest BCUT2D eigenvalue weighted by Crippen LogP contribution is -2.35. The van der Waals surface area contributed by atoms with Gasteiger partial charge in [0, 0.05) is 50.2 Å². The van der Waals surface area contributed by atoms with Crippen LogP contribution in [0.5, 0.6) is 0 Å². The van der Waals surface area contributed by atoms with Gasteiger partial charge in [-0.2, -0.15) is 0 Å². The summed E-state index contributed by atoms with van der Waals surface area (Å²) in [6, 6.07) is 9.54. The molecule has 2 aromatic rings. The van der Waals surface area contributed by atoms with E-state index in [1.54, 1.807) is 6.20 Å². The second-order valence-corrected chi connectivity index (χ2v) is 7.14. The molecule has 0 aromatic carbocycles. The van der Waals surface area contributed by atoms with E-state index in [0.717, 1.165) is 24.4 Å². The lowest BCUT2D eigenvalue weighted by Gasteiger charge is -2.20. The van der Waals surface area contributed by atoms with Crippen LogP contribution >= 0.6 is 0 Å². The molecule has 6 nitrogen and oxygen atoms in total. The summed E-state index contributed by atoms with van der Waals surface area (Å²) >= 11 is 0. The molecule has 1 aliphatic carbocycles. The van der Waals surface area contributed by atoms with Gasteiger partial charge in [-0.05, 0) is 43.0 Å². The van der Waals surface area contributed by atoms with Gasteiger partial charge in [-0.3, -0.25) is 14.6 Å². The lowest BCUT2D eigenvalue weighted by atomic mass is 10.2. The van der Waals surface area contributed by atoms with Crippen molar-refractivity contribution in [3.63, 3.8) is 0 Å². The van der Waals surface area contributed by atoms with Crippen LogP contribution in [-0.2, 0) is 24.2 Å². The van der Waals surface area contributed by atoms with E-state index in [1.165, 1.54) is 12.8 Å². The quantitative estimate of drug-likeness (QED) is 0.890. The molecule has 0 spiro atoms. The van der Waals surface area contributed by atoms with Crippen molar-refractivity contribution in [2.45, 2.75) is 32.2 Å². The fraction of sp³-hybridized carbons (Fsp3) is 0.450. The molecule has 4 rings (SSSR count). The van der Waals surface area contributed by atoms with Gasteiger partial charge in [0.05, 0.1) is 6.42 Å². The zero-order valence-corrected chi connectivity index (χ0v) is 14.9. The Hall–Kier alpha value is -2.63. The van der Waals surface area contributed by atoms with E-state index in [-0.39, 0.29) is 11.8 Å². The SMILES string of the molecule is O=C(NCC1CC1)c1ccc2n1CCN(C(=O)Cc1ccccn1)CC2. The maximum Gasteiger partial charge on any atom is 0.267 e. The van der Waals surface area contributed by atoms with Gasteiger partial charge >= 0.3 is 0 Å². The number of hydrogen-bond acceptors (Lipinski definition) is 3. The topological polar surface area (TPSA) is 67.2 Å². The lowest BCUT2D eigenvalue weighted by molar-refractivity contribution is -0.130. The van der Waals surface area contributed by atoms with Gasteiger partial charge in [0.25, 0.3) is 5.91 Å². The third-order valence-electron chi connectivity index (χ3n) is 5.19. The minimum atomic E-state index is -0.00332. The monoisotopic (exact) mass is 352 g/mol. The van der Waals surface area contributed by atoms with Crippen LogP contribution in [0.15, 0.2) is 36.5 Å². The first-order valence-corrected chi connectivity index (χ1v) is 9.35. The number of nitrogens with zero attached hydrogens (tertiary/aromatic N) is 3. The smallest absolute Gasteiger partial charge is 0.267 e. The molecule has 1 fully saturated rings. The highest BCUT2D eigenvalue weighted by molar-refractivity contribution is 5.93. The Balaban J connectivity index is 1.39. The number of carbonyl (C=O) groups is 2. The highest BCUT2D eigenvalue weighted by Crippen LogP contribution is 2.27. The van der Waals surface area contributed by atoms with Gasteiger partial charge in [0.2, 0.25) is 5.91 Å². The Labute approximate surface area is 153 Å². The van der Waals surface area contributed by atoms with Crippen molar-refractivity contribution in [2.24, 2.45) is 5.92 Å². The van der Waals surface area contributed by atoms with Crippen LogP contribution in [0.25, 0.3) is 0 Å². The number of hydrogen-bond donors (Lipinski definition) is 1. The molecule has 3 heterocycles. The molecule has 0 saturated heterocycles. The van der Waals surface area contributed by atoms with Crippen molar-refractivity contribution in [1.29, 1.82) is 0 Å². The molecule has 0 atom stereocenters. The first-order chi connectivity index (χ1) is 12.7. The van der Waals surface area contributed by atoms with Crippen LogP contribution in [0.2, 0.25) is 0 Å². The molecule has 1 aliphatic heterocycles. The molecule has 0 unspecified atom stereocenters. The second kappa shape index (κ2) is 7.32. The van der Waals surface area contributed by atoms with Gasteiger partial charge in [-0.25, -0.2) is 0 Å².